The van der Waals surface area contributed by atoms with Crippen LogP contribution in [0.15, 0.2) is 42.6 Å². The number of carbonyl (C=O) groups excluding carboxylic acids is 1. The van der Waals surface area contributed by atoms with Crippen LogP contribution in [-0.2, 0) is 11.2 Å². The number of nitrogens with one attached hydrogen (secondary N) is 1. The fourth-order valence-electron chi connectivity index (χ4n) is 4.20. The van der Waals surface area contributed by atoms with Crippen molar-refractivity contribution in [3.05, 3.63) is 58.7 Å². The summed E-state index contributed by atoms with van der Waals surface area (Å²) in [4.78, 5) is 19.3. The van der Waals surface area contributed by atoms with E-state index >= 15 is 0 Å². The smallest absolute Gasteiger partial charge is 0.264 e. The zero-order valence-corrected chi connectivity index (χ0v) is 16.9. The van der Waals surface area contributed by atoms with Crippen molar-refractivity contribution in [1.29, 1.82) is 5.26 Å². The van der Waals surface area contributed by atoms with Crippen LogP contribution in [0.1, 0.15) is 11.1 Å². The number of nitriles is 1. The van der Waals surface area contributed by atoms with Gasteiger partial charge in [0.05, 0.1) is 17.1 Å². The highest BCUT2D eigenvalue weighted by atomic mass is 35.5. The van der Waals surface area contributed by atoms with Gasteiger partial charge in [-0.05, 0) is 42.0 Å². The lowest BCUT2D eigenvalue weighted by Gasteiger charge is -2.29. The third-order valence-corrected chi connectivity index (χ3v) is 5.88. The van der Waals surface area contributed by atoms with Crippen molar-refractivity contribution >= 4 is 28.4 Å². The fraction of sp³-hybridized carbons (Fsp3) is 0.261. The molecule has 3 aromatic rings. The molecule has 0 aliphatic carbocycles. The third-order valence-electron chi connectivity index (χ3n) is 5.66. The molecule has 1 fully saturated rings. The molecule has 0 spiro atoms. The van der Waals surface area contributed by atoms with Crippen LogP contribution in [0.3, 0.4) is 0 Å². The highest BCUT2D eigenvalue weighted by Gasteiger charge is 2.35. The predicted molar refractivity (Wildman–Crippen MR) is 114 cm³/mol. The highest BCUT2D eigenvalue weighted by molar-refractivity contribution is 6.31. The third kappa shape index (κ3) is 3.26. The Kier molecular flexibility index (Phi) is 4.78. The van der Waals surface area contributed by atoms with Gasteiger partial charge < -0.3 is 15.0 Å². The SMILES string of the molecule is N#Cc1ccc2nccc(-c3cc(Cl)cc4c3O[C@@H](C(=O)N3CCNCC3)C4)c2c1. The van der Waals surface area contributed by atoms with Crippen molar-refractivity contribution in [2.24, 2.45) is 0 Å². The molecule has 150 valence electrons. The van der Waals surface area contributed by atoms with Crippen molar-refractivity contribution in [1.82, 2.24) is 15.2 Å². The van der Waals surface area contributed by atoms with Crippen molar-refractivity contribution in [2.75, 3.05) is 26.2 Å². The van der Waals surface area contributed by atoms with E-state index in [1.807, 2.05) is 35.2 Å². The minimum absolute atomic E-state index is 0.0149. The van der Waals surface area contributed by atoms with Crippen LogP contribution in [-0.4, -0.2) is 48.1 Å². The Bertz CT molecular complexity index is 1200. The zero-order valence-electron chi connectivity index (χ0n) is 16.2. The molecule has 1 amide bonds. The van der Waals surface area contributed by atoms with Crippen LogP contribution in [0, 0.1) is 11.3 Å². The number of fused-ring (bicyclic) bond motifs is 2. The molecule has 0 saturated carbocycles. The maximum atomic E-state index is 13.0. The van der Waals surface area contributed by atoms with Gasteiger partial charge in [0.25, 0.3) is 5.91 Å². The number of aromatic nitrogens is 1. The summed E-state index contributed by atoms with van der Waals surface area (Å²) in [6.45, 7) is 2.97. The van der Waals surface area contributed by atoms with Crippen LogP contribution in [0.25, 0.3) is 22.0 Å². The summed E-state index contributed by atoms with van der Waals surface area (Å²) in [6, 6.07) is 13.2. The number of hydrogen-bond donors (Lipinski definition) is 1. The first kappa shape index (κ1) is 18.9. The number of halogens is 1. The van der Waals surface area contributed by atoms with E-state index in [0.29, 0.717) is 35.8 Å². The summed E-state index contributed by atoms with van der Waals surface area (Å²) >= 11 is 6.44. The normalized spacial score (nSPS) is 18.0. The number of rotatable bonds is 2. The van der Waals surface area contributed by atoms with E-state index in [2.05, 4.69) is 16.4 Å². The first-order valence-corrected chi connectivity index (χ1v) is 10.3. The molecule has 1 N–H and O–H groups in total. The van der Waals surface area contributed by atoms with Crippen LogP contribution >= 0.6 is 11.6 Å². The molecule has 2 aromatic carbocycles. The quantitative estimate of drug-likeness (QED) is 0.691. The molecule has 1 aromatic heterocycles. The molecular formula is C23H19ClN4O2. The van der Waals surface area contributed by atoms with Gasteiger partial charge in [-0.2, -0.15) is 5.26 Å². The second kappa shape index (κ2) is 7.60. The van der Waals surface area contributed by atoms with Gasteiger partial charge in [0, 0.05) is 60.3 Å². The van der Waals surface area contributed by atoms with Gasteiger partial charge in [0.1, 0.15) is 5.75 Å². The van der Waals surface area contributed by atoms with Crippen LogP contribution in [0.2, 0.25) is 5.02 Å². The number of hydrogen-bond acceptors (Lipinski definition) is 5. The highest BCUT2D eigenvalue weighted by Crippen LogP contribution is 2.43. The lowest BCUT2D eigenvalue weighted by Crippen LogP contribution is -2.50. The monoisotopic (exact) mass is 418 g/mol. The summed E-state index contributed by atoms with van der Waals surface area (Å²) in [5.74, 6) is 0.698. The number of benzene rings is 2. The summed E-state index contributed by atoms with van der Waals surface area (Å²) < 4.78 is 6.21. The second-order valence-electron chi connectivity index (χ2n) is 7.53. The Morgan fingerprint density at radius 3 is 2.83 bits per heavy atom. The number of piperazine rings is 1. The number of nitrogens with zero attached hydrogens (tertiary/aromatic N) is 3. The molecule has 0 unspecified atom stereocenters. The molecule has 6 nitrogen and oxygen atoms in total. The predicted octanol–water partition coefficient (Wildman–Crippen LogP) is 3.16. The summed E-state index contributed by atoms with van der Waals surface area (Å²) in [7, 11) is 0. The van der Waals surface area contributed by atoms with Gasteiger partial charge in [-0.25, -0.2) is 0 Å². The Morgan fingerprint density at radius 2 is 2.03 bits per heavy atom. The van der Waals surface area contributed by atoms with E-state index in [-0.39, 0.29) is 5.91 Å². The van der Waals surface area contributed by atoms with E-state index in [0.717, 1.165) is 40.7 Å². The van der Waals surface area contributed by atoms with Gasteiger partial charge >= 0.3 is 0 Å². The molecule has 5 rings (SSSR count). The summed E-state index contributed by atoms with van der Waals surface area (Å²) in [5, 5.41) is 14.0. The topological polar surface area (TPSA) is 78.2 Å². The van der Waals surface area contributed by atoms with Gasteiger partial charge in [0.15, 0.2) is 6.10 Å². The first-order valence-electron chi connectivity index (χ1n) is 9.92. The summed E-state index contributed by atoms with van der Waals surface area (Å²) in [6.07, 6.45) is 1.69. The lowest BCUT2D eigenvalue weighted by molar-refractivity contribution is -0.138. The average molecular weight is 419 g/mol. The lowest BCUT2D eigenvalue weighted by atomic mass is 9.97. The van der Waals surface area contributed by atoms with E-state index in [1.54, 1.807) is 12.3 Å². The van der Waals surface area contributed by atoms with Crippen LogP contribution in [0.4, 0.5) is 0 Å². The molecule has 1 saturated heterocycles. The molecule has 7 heteroatoms. The summed E-state index contributed by atoms with van der Waals surface area (Å²) in [5.41, 5.74) is 3.96. The fourth-order valence-corrected chi connectivity index (χ4v) is 4.44. The molecule has 3 heterocycles. The van der Waals surface area contributed by atoms with Crippen molar-refractivity contribution in [3.8, 4) is 22.9 Å². The van der Waals surface area contributed by atoms with E-state index in [1.165, 1.54) is 0 Å². The number of ether oxygens (including phenoxy) is 1. The molecule has 0 bridgehead atoms. The Morgan fingerprint density at radius 1 is 1.20 bits per heavy atom. The van der Waals surface area contributed by atoms with E-state index in [4.69, 9.17) is 16.3 Å². The zero-order chi connectivity index (χ0) is 20.7. The second-order valence-corrected chi connectivity index (χ2v) is 7.97. The molecule has 2 aliphatic heterocycles. The Labute approximate surface area is 179 Å². The average Bonchev–Trinajstić information content (AvgIpc) is 3.21. The number of carbonyl (C=O) groups is 1. The van der Waals surface area contributed by atoms with E-state index in [9.17, 15) is 10.1 Å². The molecular weight excluding hydrogens is 400 g/mol. The maximum Gasteiger partial charge on any atom is 0.264 e. The van der Waals surface area contributed by atoms with Crippen molar-refractivity contribution < 1.29 is 9.53 Å². The Hall–Kier alpha value is -3.14. The Balaban J connectivity index is 1.57. The minimum Gasteiger partial charge on any atom is -0.479 e. The van der Waals surface area contributed by atoms with Gasteiger partial charge in [-0.15, -0.1) is 0 Å². The van der Waals surface area contributed by atoms with Crippen LogP contribution in [0.5, 0.6) is 5.75 Å². The first-order chi connectivity index (χ1) is 14.6. The molecule has 2 aliphatic rings. The molecule has 0 radical (unpaired) electrons. The largest absolute Gasteiger partial charge is 0.479 e. The standard InChI is InChI=1S/C23H19ClN4O2/c24-16-10-15-11-21(23(29)28-7-5-26-6-8-28)30-22(15)19(12-16)17-3-4-27-20-2-1-14(13-25)9-18(17)20/h1-4,9-10,12,21,26H,5-8,11H2/t21-/m1/s1. The van der Waals surface area contributed by atoms with Gasteiger partial charge in [0.2, 0.25) is 0 Å². The van der Waals surface area contributed by atoms with Gasteiger partial charge in [-0.1, -0.05) is 11.6 Å². The van der Waals surface area contributed by atoms with Gasteiger partial charge in [-0.3, -0.25) is 9.78 Å². The van der Waals surface area contributed by atoms with Crippen molar-refractivity contribution in [3.63, 3.8) is 0 Å². The van der Waals surface area contributed by atoms with E-state index < -0.39 is 6.10 Å². The molecule has 30 heavy (non-hydrogen) atoms. The molecule has 1 atom stereocenters. The minimum atomic E-state index is -0.543. The maximum absolute atomic E-state index is 13.0. The number of amides is 1. The number of pyridine rings is 1. The van der Waals surface area contributed by atoms with Crippen LogP contribution < -0.4 is 10.1 Å². The van der Waals surface area contributed by atoms with Crippen molar-refractivity contribution in [2.45, 2.75) is 12.5 Å².